The molecule has 6 N–H and O–H groups in total. The summed E-state index contributed by atoms with van der Waals surface area (Å²) in [5, 5.41) is 8.29. The number of halogens is 2. The minimum atomic E-state index is -0.833. The van der Waals surface area contributed by atoms with Gasteiger partial charge in [0.05, 0.1) is 28.8 Å². The molecule has 0 aliphatic heterocycles. The lowest BCUT2D eigenvalue weighted by Gasteiger charge is -2.06. The van der Waals surface area contributed by atoms with Crippen LogP contribution in [0.4, 0.5) is 14.7 Å². The van der Waals surface area contributed by atoms with Crippen molar-refractivity contribution in [2.24, 2.45) is 11.5 Å². The Morgan fingerprint density at radius 3 is 2.50 bits per heavy atom. The first kappa shape index (κ1) is 23.5. The van der Waals surface area contributed by atoms with Crippen molar-refractivity contribution in [3.8, 4) is 0 Å². The topological polar surface area (TPSA) is 149 Å². The molecule has 12 heteroatoms. The molecule has 1 heterocycles. The van der Waals surface area contributed by atoms with E-state index in [0.29, 0.717) is 34.0 Å². The Morgan fingerprint density at radius 2 is 1.89 bits per heavy atom. The third-order valence-corrected chi connectivity index (χ3v) is 4.39. The second-order valence-electron chi connectivity index (χ2n) is 5.08. The van der Waals surface area contributed by atoms with Gasteiger partial charge in [0.1, 0.15) is 0 Å². The van der Waals surface area contributed by atoms with E-state index in [-0.39, 0.29) is 12.4 Å². The third-order valence-electron chi connectivity index (χ3n) is 2.84. The highest BCUT2D eigenvalue weighted by atomic mass is 35.5. The van der Waals surface area contributed by atoms with Crippen molar-refractivity contribution < 1.29 is 19.1 Å². The number of carbonyl (C=O) groups excluding carboxylic acids is 3. The summed E-state index contributed by atoms with van der Waals surface area (Å²) in [7, 11) is 0. The molecule has 4 amide bonds. The number of urea groups is 2. The fourth-order valence-corrected chi connectivity index (χ4v) is 2.80. The third kappa shape index (κ3) is 9.40. The quantitative estimate of drug-likeness (QED) is 0.501. The van der Waals surface area contributed by atoms with Crippen molar-refractivity contribution in [1.82, 2.24) is 10.3 Å². The zero-order chi connectivity index (χ0) is 21.1. The number of nitrogens with zero attached hydrogens (tertiary/aromatic N) is 1. The molecule has 152 valence electrons. The number of benzene rings is 1. The Balaban J connectivity index is 0.000000892. The van der Waals surface area contributed by atoms with Crippen LogP contribution >= 0.6 is 34.5 Å². The summed E-state index contributed by atoms with van der Waals surface area (Å²) < 4.78 is 4.85. The molecule has 28 heavy (non-hydrogen) atoms. The molecule has 2 rings (SSSR count). The molecule has 0 aliphatic rings. The summed E-state index contributed by atoms with van der Waals surface area (Å²) in [6, 6.07) is 3.89. The minimum absolute atomic E-state index is 0.0803. The van der Waals surface area contributed by atoms with E-state index in [4.69, 9.17) is 32.7 Å². The Hall–Kier alpha value is -2.56. The highest BCUT2D eigenvalue weighted by Crippen LogP contribution is 2.22. The lowest BCUT2D eigenvalue weighted by Crippen LogP contribution is -2.28. The highest BCUT2D eigenvalue weighted by molar-refractivity contribution is 7.13. The summed E-state index contributed by atoms with van der Waals surface area (Å²) >= 11 is 13.0. The van der Waals surface area contributed by atoms with Crippen LogP contribution in [0.1, 0.15) is 18.2 Å². The first-order chi connectivity index (χ1) is 13.2. The molecule has 0 bridgehead atoms. The van der Waals surface area contributed by atoms with Crippen molar-refractivity contribution in [2.75, 3.05) is 11.9 Å². The largest absolute Gasteiger partial charge is 0.466 e. The smallest absolute Gasteiger partial charge is 0.321 e. The molecule has 9 nitrogen and oxygen atoms in total. The summed E-state index contributed by atoms with van der Waals surface area (Å²) in [6.07, 6.45) is 0.0803. The molecule has 0 atom stereocenters. The van der Waals surface area contributed by atoms with Gasteiger partial charge in [0, 0.05) is 11.9 Å². The number of thiazole rings is 1. The van der Waals surface area contributed by atoms with Crippen LogP contribution in [0.2, 0.25) is 10.0 Å². The molecule has 0 radical (unpaired) electrons. The molecule has 0 saturated carbocycles. The van der Waals surface area contributed by atoms with Gasteiger partial charge in [0.25, 0.3) is 0 Å². The zero-order valence-electron chi connectivity index (χ0n) is 14.8. The van der Waals surface area contributed by atoms with E-state index in [1.54, 1.807) is 30.5 Å². The summed E-state index contributed by atoms with van der Waals surface area (Å²) in [4.78, 5) is 36.4. The summed E-state index contributed by atoms with van der Waals surface area (Å²) in [5.41, 5.74) is 9.87. The number of ether oxygens (including phenoxy) is 1. The SMILES string of the molecule is CCOC(=O)Cc1csc(NC(=O)NCc2ccc(Cl)c(Cl)c2)n1.NC(N)=O. The predicted molar refractivity (Wildman–Crippen MR) is 109 cm³/mol. The number of hydrogen-bond donors (Lipinski definition) is 4. The number of amides is 4. The fraction of sp³-hybridized carbons (Fsp3) is 0.250. The van der Waals surface area contributed by atoms with E-state index in [2.05, 4.69) is 27.1 Å². The number of nitrogens with one attached hydrogen (secondary N) is 2. The van der Waals surface area contributed by atoms with Crippen molar-refractivity contribution in [2.45, 2.75) is 19.9 Å². The molecule has 0 spiro atoms. The number of rotatable bonds is 6. The van der Waals surface area contributed by atoms with Gasteiger partial charge in [-0.05, 0) is 24.6 Å². The maximum atomic E-state index is 11.9. The molecular formula is C16H19Cl2N5O4S. The maximum absolute atomic E-state index is 11.9. The van der Waals surface area contributed by atoms with E-state index in [9.17, 15) is 9.59 Å². The van der Waals surface area contributed by atoms with Crippen LogP contribution in [0.3, 0.4) is 0 Å². The second-order valence-corrected chi connectivity index (χ2v) is 6.76. The van der Waals surface area contributed by atoms with Crippen LogP contribution in [-0.4, -0.2) is 29.6 Å². The molecule has 0 fully saturated rings. The lowest BCUT2D eigenvalue weighted by atomic mass is 10.2. The molecule has 0 aliphatic carbocycles. The van der Waals surface area contributed by atoms with Crippen molar-refractivity contribution in [1.29, 1.82) is 0 Å². The number of aromatic nitrogens is 1. The van der Waals surface area contributed by atoms with Crippen LogP contribution in [0.15, 0.2) is 23.6 Å². The number of primary amides is 2. The van der Waals surface area contributed by atoms with Gasteiger partial charge in [-0.25, -0.2) is 14.6 Å². The highest BCUT2D eigenvalue weighted by Gasteiger charge is 2.10. The Kier molecular flexibility index (Phi) is 10.1. The minimum Gasteiger partial charge on any atom is -0.466 e. The van der Waals surface area contributed by atoms with Crippen LogP contribution in [0.25, 0.3) is 0 Å². The lowest BCUT2D eigenvalue weighted by molar-refractivity contribution is -0.142. The van der Waals surface area contributed by atoms with Gasteiger partial charge in [-0.1, -0.05) is 29.3 Å². The summed E-state index contributed by atoms with van der Waals surface area (Å²) in [5.74, 6) is -0.349. The molecule has 2 aromatic rings. The number of carbonyl (C=O) groups is 3. The predicted octanol–water partition coefficient (Wildman–Crippen LogP) is 2.90. The normalized spacial score (nSPS) is 9.68. The van der Waals surface area contributed by atoms with E-state index >= 15 is 0 Å². The molecule has 1 aromatic carbocycles. The molecule has 1 aromatic heterocycles. The number of esters is 1. The van der Waals surface area contributed by atoms with Crippen molar-refractivity contribution in [3.05, 3.63) is 44.9 Å². The first-order valence-electron chi connectivity index (χ1n) is 7.85. The zero-order valence-corrected chi connectivity index (χ0v) is 17.2. The molecular weight excluding hydrogens is 429 g/mol. The van der Waals surface area contributed by atoms with Crippen molar-refractivity contribution in [3.63, 3.8) is 0 Å². The van der Waals surface area contributed by atoms with Crippen LogP contribution in [0.5, 0.6) is 0 Å². The fourth-order valence-electron chi connectivity index (χ4n) is 1.78. The molecule has 0 saturated heterocycles. The number of anilines is 1. The summed E-state index contributed by atoms with van der Waals surface area (Å²) in [6.45, 7) is 2.36. The van der Waals surface area contributed by atoms with Crippen LogP contribution in [-0.2, 0) is 22.5 Å². The van der Waals surface area contributed by atoms with Gasteiger partial charge < -0.3 is 21.5 Å². The van der Waals surface area contributed by atoms with E-state index in [1.807, 2.05) is 0 Å². The Labute approximate surface area is 175 Å². The average Bonchev–Trinajstić information content (AvgIpc) is 3.02. The van der Waals surface area contributed by atoms with E-state index in [1.165, 1.54) is 11.3 Å². The van der Waals surface area contributed by atoms with Crippen LogP contribution < -0.4 is 22.1 Å². The maximum Gasteiger partial charge on any atom is 0.321 e. The monoisotopic (exact) mass is 447 g/mol. The van der Waals surface area contributed by atoms with Gasteiger partial charge in [-0.15, -0.1) is 11.3 Å². The van der Waals surface area contributed by atoms with E-state index in [0.717, 1.165) is 5.56 Å². The first-order valence-corrected chi connectivity index (χ1v) is 9.48. The van der Waals surface area contributed by atoms with Gasteiger partial charge in [-0.2, -0.15) is 0 Å². The second kappa shape index (κ2) is 12.0. The average molecular weight is 448 g/mol. The Morgan fingerprint density at radius 1 is 1.21 bits per heavy atom. The van der Waals surface area contributed by atoms with Gasteiger partial charge in [0.2, 0.25) is 0 Å². The Bertz CT molecular complexity index is 827. The van der Waals surface area contributed by atoms with E-state index < -0.39 is 12.1 Å². The van der Waals surface area contributed by atoms with Gasteiger partial charge in [0.15, 0.2) is 5.13 Å². The van der Waals surface area contributed by atoms with Gasteiger partial charge in [-0.3, -0.25) is 10.1 Å². The van der Waals surface area contributed by atoms with Gasteiger partial charge >= 0.3 is 18.0 Å². The number of hydrogen-bond acceptors (Lipinski definition) is 6. The van der Waals surface area contributed by atoms with Crippen molar-refractivity contribution >= 4 is 57.7 Å². The standard InChI is InChI=1S/C15H15Cl2N3O3S.CH4N2O/c1-2-23-13(21)6-10-8-24-15(19-10)20-14(22)18-7-9-3-4-11(16)12(17)5-9;2-1(3)4/h3-5,8H,2,6-7H2,1H3,(H2,18,19,20,22);(H4,2,3,4). The number of nitrogens with two attached hydrogens (primary N) is 2. The van der Waals surface area contributed by atoms with Crippen LogP contribution in [0, 0.1) is 0 Å². The molecule has 0 unspecified atom stereocenters.